The molecule has 1 aliphatic carbocycles. The van der Waals surface area contributed by atoms with Gasteiger partial charge >= 0.3 is 0 Å². The zero-order valence-corrected chi connectivity index (χ0v) is 23.0. The number of hydrogen-bond acceptors (Lipinski definition) is 5. The molecule has 2 N–H and O–H groups in total. The number of nitro groups is 1. The van der Waals surface area contributed by atoms with Crippen molar-refractivity contribution in [1.82, 2.24) is 18.8 Å². The van der Waals surface area contributed by atoms with Gasteiger partial charge in [-0.25, -0.2) is 9.97 Å². The van der Waals surface area contributed by atoms with E-state index in [-0.39, 0.29) is 10.6 Å². The average Bonchev–Trinajstić information content (AvgIpc) is 3.52. The molecule has 202 valence electrons. The molecule has 5 aromatic rings. The lowest BCUT2D eigenvalue weighted by atomic mass is 10.1. The van der Waals surface area contributed by atoms with Crippen LogP contribution in [0.25, 0.3) is 28.1 Å². The minimum Gasteiger partial charge on any atom is -0.398 e. The number of benzene rings is 1. The highest BCUT2D eigenvalue weighted by atomic mass is 16.6. The number of rotatable bonds is 3. The van der Waals surface area contributed by atoms with Gasteiger partial charge in [-0.15, -0.1) is 0 Å². The number of fused-ring (bicyclic) bond motifs is 2. The molecule has 0 aliphatic heterocycles. The van der Waals surface area contributed by atoms with E-state index in [1.54, 1.807) is 6.08 Å². The minimum atomic E-state index is -0.318. The van der Waals surface area contributed by atoms with Crippen molar-refractivity contribution in [2.24, 2.45) is 0 Å². The quantitative estimate of drug-likeness (QED) is 0.148. The van der Waals surface area contributed by atoms with E-state index in [2.05, 4.69) is 9.97 Å². The number of hydrogen-bond donors (Lipinski definition) is 1. The van der Waals surface area contributed by atoms with Crippen LogP contribution in [0, 0.1) is 10.1 Å². The van der Waals surface area contributed by atoms with Crippen LogP contribution >= 0.6 is 0 Å². The molecule has 4 heterocycles. The third-order valence-electron chi connectivity index (χ3n) is 5.81. The summed E-state index contributed by atoms with van der Waals surface area (Å²) in [6.45, 7) is 8.00. The number of nitrogens with two attached hydrogens (primary N) is 1. The maximum atomic E-state index is 11.2. The van der Waals surface area contributed by atoms with Gasteiger partial charge in [0.05, 0.1) is 21.9 Å². The maximum absolute atomic E-state index is 11.2. The summed E-state index contributed by atoms with van der Waals surface area (Å²) in [5, 5.41) is 11.2. The topological polar surface area (TPSA) is 104 Å². The highest BCUT2D eigenvalue weighted by molar-refractivity contribution is 5.76. The fraction of sp³-hybridized carbons (Fsp3) is 0.226. The summed E-state index contributed by atoms with van der Waals surface area (Å²) in [7, 11) is 0. The van der Waals surface area contributed by atoms with Crippen molar-refractivity contribution in [3.63, 3.8) is 0 Å². The first-order valence-corrected chi connectivity index (χ1v) is 13.4. The van der Waals surface area contributed by atoms with Crippen molar-refractivity contribution >= 4 is 22.6 Å². The average molecular weight is 525 g/mol. The number of anilines is 1. The van der Waals surface area contributed by atoms with Crippen LogP contribution in [0.2, 0.25) is 0 Å². The van der Waals surface area contributed by atoms with Crippen molar-refractivity contribution in [2.45, 2.75) is 47.0 Å². The minimum absolute atomic E-state index is 0.168. The molecule has 1 aliphatic rings. The predicted octanol–water partition coefficient (Wildman–Crippen LogP) is 7.70. The van der Waals surface area contributed by atoms with Gasteiger partial charge in [0.1, 0.15) is 11.3 Å². The van der Waals surface area contributed by atoms with Crippen molar-refractivity contribution in [1.29, 1.82) is 0 Å². The van der Waals surface area contributed by atoms with Gasteiger partial charge in [0, 0.05) is 36.0 Å². The summed E-state index contributed by atoms with van der Waals surface area (Å²) in [6.07, 6.45) is 13.8. The SMILES string of the molecule is CC.CC.Nc1ccccc1-c1cn2ccccc2n1.O=[N+]([O-])C1=CCCCC=C1c1cn2ccccc2n1. The van der Waals surface area contributed by atoms with E-state index in [4.69, 9.17) is 5.73 Å². The van der Waals surface area contributed by atoms with Crippen LogP contribution in [0.1, 0.15) is 52.7 Å². The standard InChI is InChI=1S/C14H13N3O2.C13H11N3.2C2H6/c18-17(19)13-7-3-1-2-6-11(13)12-10-16-9-5-4-8-14(16)15-12;14-11-6-2-1-5-10(11)12-9-16-8-4-3-7-13(16)15-12;2*1-2/h4-10H,1-3H2;1-9H,14H2;2*1-2H3. The Kier molecular flexibility index (Phi) is 10.6. The molecule has 8 nitrogen and oxygen atoms in total. The fourth-order valence-corrected chi connectivity index (χ4v) is 4.09. The van der Waals surface area contributed by atoms with Crippen molar-refractivity contribution < 1.29 is 4.92 Å². The summed E-state index contributed by atoms with van der Waals surface area (Å²) in [5.74, 6) is 0. The third kappa shape index (κ3) is 6.98. The number of nitrogen functional groups attached to an aromatic ring is 1. The van der Waals surface area contributed by atoms with E-state index in [0.29, 0.717) is 11.3 Å². The number of aromatic nitrogens is 4. The van der Waals surface area contributed by atoms with Crippen LogP contribution in [0.5, 0.6) is 0 Å². The monoisotopic (exact) mass is 524 g/mol. The van der Waals surface area contributed by atoms with Crippen LogP contribution in [-0.2, 0) is 0 Å². The number of pyridine rings is 2. The lowest BCUT2D eigenvalue weighted by molar-refractivity contribution is -0.417. The molecule has 0 spiro atoms. The van der Waals surface area contributed by atoms with E-state index in [1.165, 1.54) is 0 Å². The van der Waals surface area contributed by atoms with Gasteiger partial charge < -0.3 is 14.5 Å². The van der Waals surface area contributed by atoms with Crippen molar-refractivity contribution in [2.75, 3.05) is 5.73 Å². The lowest BCUT2D eigenvalue weighted by Gasteiger charge is -1.99. The Bertz CT molecular complexity index is 1510. The number of para-hydroxylation sites is 1. The van der Waals surface area contributed by atoms with Gasteiger partial charge in [0.15, 0.2) is 0 Å². The van der Waals surface area contributed by atoms with Gasteiger partial charge in [0.2, 0.25) is 0 Å². The zero-order chi connectivity index (χ0) is 28.2. The largest absolute Gasteiger partial charge is 0.398 e. The van der Waals surface area contributed by atoms with Crippen LogP contribution < -0.4 is 5.73 Å². The molecule has 8 heteroatoms. The molecular weight excluding hydrogens is 488 g/mol. The third-order valence-corrected chi connectivity index (χ3v) is 5.81. The second kappa shape index (κ2) is 14.3. The number of nitrogens with zero attached hydrogens (tertiary/aromatic N) is 5. The molecule has 6 rings (SSSR count). The molecule has 0 radical (unpaired) electrons. The molecule has 0 unspecified atom stereocenters. The number of imidazole rings is 2. The molecule has 4 aromatic heterocycles. The van der Waals surface area contributed by atoms with E-state index in [9.17, 15) is 10.1 Å². The van der Waals surface area contributed by atoms with Crippen LogP contribution in [0.15, 0.2) is 103 Å². The Balaban J connectivity index is 0.000000193. The van der Waals surface area contributed by atoms with E-state index in [1.807, 2.05) is 128 Å². The van der Waals surface area contributed by atoms with Gasteiger partial charge in [-0.2, -0.15) is 0 Å². The maximum Gasteiger partial charge on any atom is 0.274 e. The highest BCUT2D eigenvalue weighted by Crippen LogP contribution is 2.28. The van der Waals surface area contributed by atoms with Crippen molar-refractivity contribution in [3.05, 3.63) is 119 Å². The molecule has 1 aromatic carbocycles. The van der Waals surface area contributed by atoms with E-state index < -0.39 is 0 Å². The van der Waals surface area contributed by atoms with Gasteiger partial charge in [0.25, 0.3) is 5.70 Å². The van der Waals surface area contributed by atoms with Crippen LogP contribution in [0.3, 0.4) is 0 Å². The summed E-state index contributed by atoms with van der Waals surface area (Å²) >= 11 is 0. The summed E-state index contributed by atoms with van der Waals surface area (Å²) in [4.78, 5) is 19.8. The Labute approximate surface area is 229 Å². The summed E-state index contributed by atoms with van der Waals surface area (Å²) < 4.78 is 3.86. The van der Waals surface area contributed by atoms with Crippen LogP contribution in [0.4, 0.5) is 5.69 Å². The molecular formula is C31H36N6O2. The fourth-order valence-electron chi connectivity index (χ4n) is 4.09. The molecule has 0 saturated heterocycles. The van der Waals surface area contributed by atoms with Crippen molar-refractivity contribution in [3.8, 4) is 11.3 Å². The first-order valence-electron chi connectivity index (χ1n) is 13.4. The van der Waals surface area contributed by atoms with E-state index in [0.717, 1.165) is 47.5 Å². The van der Waals surface area contributed by atoms with Gasteiger partial charge in [-0.1, -0.05) is 64.1 Å². The highest BCUT2D eigenvalue weighted by Gasteiger charge is 2.22. The molecule has 0 atom stereocenters. The smallest absolute Gasteiger partial charge is 0.274 e. The molecule has 0 bridgehead atoms. The Morgan fingerprint density at radius 2 is 1.31 bits per heavy atom. The molecule has 39 heavy (non-hydrogen) atoms. The summed E-state index contributed by atoms with van der Waals surface area (Å²) in [6, 6.07) is 19.4. The molecule has 0 saturated carbocycles. The normalized spacial score (nSPS) is 12.4. The summed E-state index contributed by atoms with van der Waals surface area (Å²) in [5.41, 5.74) is 11.8. The molecule has 0 amide bonds. The first kappa shape index (κ1) is 28.8. The zero-order valence-electron chi connectivity index (χ0n) is 23.0. The van der Waals surface area contributed by atoms with Crippen LogP contribution in [-0.4, -0.2) is 23.7 Å². The Morgan fingerprint density at radius 1 is 0.769 bits per heavy atom. The van der Waals surface area contributed by atoms with Gasteiger partial charge in [-0.3, -0.25) is 10.1 Å². The first-order chi connectivity index (χ1) is 19.1. The molecule has 0 fully saturated rings. The van der Waals surface area contributed by atoms with E-state index >= 15 is 0 Å². The Hall–Kier alpha value is -4.72. The second-order valence-electron chi connectivity index (χ2n) is 8.17. The predicted molar refractivity (Wildman–Crippen MR) is 160 cm³/mol. The number of allylic oxidation sites excluding steroid dienone is 3. The van der Waals surface area contributed by atoms with Gasteiger partial charge in [-0.05, 0) is 55.7 Å². The second-order valence-corrected chi connectivity index (χ2v) is 8.17. The Morgan fingerprint density at radius 3 is 1.90 bits per heavy atom. The lowest BCUT2D eigenvalue weighted by Crippen LogP contribution is -2.01.